The highest BCUT2D eigenvalue weighted by Crippen LogP contribution is 2.41. The third kappa shape index (κ3) is 3.71. The van der Waals surface area contributed by atoms with Crippen LogP contribution in [0, 0.1) is 13.1 Å². The summed E-state index contributed by atoms with van der Waals surface area (Å²) in [6.07, 6.45) is 0. The van der Waals surface area contributed by atoms with Crippen molar-refractivity contribution >= 4 is 64.7 Å². The maximum atomic E-state index is 7.91. The van der Waals surface area contributed by atoms with Gasteiger partial charge in [0.1, 0.15) is 0 Å². The Hall–Kier alpha value is -5.68. The SMILES string of the molecule is [C-]#[N+]c1cc(-c2cccc(-c3cccc4c3sc3ccccc34)c2)cc(-n2c3ccccc3c3cc([N+]#[C-])ccc32)c1. The summed E-state index contributed by atoms with van der Waals surface area (Å²) >= 11 is 1.83. The summed E-state index contributed by atoms with van der Waals surface area (Å²) in [4.78, 5) is 7.52. The van der Waals surface area contributed by atoms with Gasteiger partial charge in [-0.25, -0.2) is 9.69 Å². The van der Waals surface area contributed by atoms with E-state index in [0.29, 0.717) is 11.4 Å². The molecule has 8 rings (SSSR count). The molecule has 0 aliphatic carbocycles. The third-order valence-corrected chi connectivity index (χ3v) is 9.21. The molecule has 194 valence electrons. The molecule has 0 radical (unpaired) electrons. The zero-order valence-electron chi connectivity index (χ0n) is 22.4. The molecule has 0 spiro atoms. The summed E-state index contributed by atoms with van der Waals surface area (Å²) in [6.45, 7) is 15.4. The molecule has 0 saturated carbocycles. The third-order valence-electron chi connectivity index (χ3n) is 7.99. The standard InChI is InChI=1S/C38H21N3S/c1-39-27-17-18-36-34(23-27)31-11-3-5-15-35(31)41(36)29-21-26(20-28(22-29)40-2)24-9-7-10-25(19-24)30-13-8-14-33-32-12-4-6-16-37(32)42-38(30)33/h3-23H. The predicted molar refractivity (Wildman–Crippen MR) is 177 cm³/mol. The van der Waals surface area contributed by atoms with Crippen molar-refractivity contribution in [3.63, 3.8) is 0 Å². The van der Waals surface area contributed by atoms with Gasteiger partial charge >= 0.3 is 0 Å². The first-order chi connectivity index (χ1) is 20.7. The molecule has 2 heterocycles. The lowest BCUT2D eigenvalue weighted by Gasteiger charge is -2.13. The second-order valence-corrected chi connectivity index (χ2v) is 11.4. The van der Waals surface area contributed by atoms with Gasteiger partial charge in [0.25, 0.3) is 0 Å². The summed E-state index contributed by atoms with van der Waals surface area (Å²) in [5, 5.41) is 4.70. The van der Waals surface area contributed by atoms with E-state index in [4.69, 9.17) is 13.1 Å². The normalized spacial score (nSPS) is 11.3. The van der Waals surface area contributed by atoms with Crippen LogP contribution in [0.1, 0.15) is 0 Å². The minimum absolute atomic E-state index is 0.586. The van der Waals surface area contributed by atoms with Crippen LogP contribution in [0.2, 0.25) is 0 Å². The van der Waals surface area contributed by atoms with E-state index in [1.165, 1.54) is 25.7 Å². The fourth-order valence-corrected chi connectivity index (χ4v) is 7.34. The van der Waals surface area contributed by atoms with Crippen molar-refractivity contribution in [1.82, 2.24) is 4.57 Å². The van der Waals surface area contributed by atoms with Crippen LogP contribution < -0.4 is 0 Å². The number of para-hydroxylation sites is 1. The van der Waals surface area contributed by atoms with Crippen LogP contribution in [0.25, 0.3) is 79.6 Å². The molecule has 0 saturated heterocycles. The lowest BCUT2D eigenvalue weighted by molar-refractivity contribution is 1.18. The number of aromatic nitrogens is 1. The van der Waals surface area contributed by atoms with Gasteiger partial charge < -0.3 is 4.57 Å². The first-order valence-corrected chi connectivity index (χ1v) is 14.5. The van der Waals surface area contributed by atoms with Crippen LogP contribution in [-0.4, -0.2) is 4.57 Å². The van der Waals surface area contributed by atoms with Gasteiger partial charge in [0.05, 0.1) is 24.2 Å². The largest absolute Gasteiger partial charge is 0.311 e. The summed E-state index contributed by atoms with van der Waals surface area (Å²) in [5.74, 6) is 0. The highest BCUT2D eigenvalue weighted by atomic mass is 32.1. The van der Waals surface area contributed by atoms with Crippen LogP contribution in [0.4, 0.5) is 11.4 Å². The smallest absolute Gasteiger partial charge is 0.189 e. The topological polar surface area (TPSA) is 13.6 Å². The van der Waals surface area contributed by atoms with E-state index in [1.54, 1.807) is 0 Å². The second-order valence-electron chi connectivity index (χ2n) is 10.4. The van der Waals surface area contributed by atoms with Crippen molar-refractivity contribution in [2.75, 3.05) is 0 Å². The first kappa shape index (κ1) is 24.1. The van der Waals surface area contributed by atoms with Crippen molar-refractivity contribution < 1.29 is 0 Å². The number of fused-ring (bicyclic) bond motifs is 6. The van der Waals surface area contributed by atoms with Crippen molar-refractivity contribution in [3.05, 3.63) is 150 Å². The molecule has 3 nitrogen and oxygen atoms in total. The fourth-order valence-electron chi connectivity index (χ4n) is 6.10. The fraction of sp³-hybridized carbons (Fsp3) is 0. The zero-order chi connectivity index (χ0) is 28.2. The van der Waals surface area contributed by atoms with Crippen molar-refractivity contribution in [2.45, 2.75) is 0 Å². The van der Waals surface area contributed by atoms with Crippen LogP contribution in [0.3, 0.4) is 0 Å². The van der Waals surface area contributed by atoms with Gasteiger partial charge in [-0.05, 0) is 76.2 Å². The van der Waals surface area contributed by atoms with Crippen LogP contribution in [-0.2, 0) is 0 Å². The van der Waals surface area contributed by atoms with Crippen LogP contribution in [0.15, 0.2) is 127 Å². The average molecular weight is 552 g/mol. The van der Waals surface area contributed by atoms with Gasteiger partial charge in [-0.3, -0.25) is 0 Å². The molecule has 0 amide bonds. The van der Waals surface area contributed by atoms with Gasteiger partial charge in [-0.2, -0.15) is 0 Å². The number of nitrogens with zero attached hydrogens (tertiary/aromatic N) is 3. The van der Waals surface area contributed by atoms with Crippen molar-refractivity contribution in [3.8, 4) is 27.9 Å². The van der Waals surface area contributed by atoms with Crippen molar-refractivity contribution in [2.24, 2.45) is 0 Å². The Morgan fingerprint density at radius 3 is 2.12 bits per heavy atom. The van der Waals surface area contributed by atoms with E-state index in [0.717, 1.165) is 44.2 Å². The molecular formula is C38H21N3S. The Morgan fingerprint density at radius 1 is 0.500 bits per heavy atom. The number of rotatable bonds is 3. The van der Waals surface area contributed by atoms with E-state index < -0.39 is 0 Å². The molecule has 0 unspecified atom stereocenters. The number of benzene rings is 6. The predicted octanol–water partition coefficient (Wildman–Crippen LogP) is 11.6. The van der Waals surface area contributed by atoms with Gasteiger partial charge in [0.2, 0.25) is 0 Å². The number of thiophene rings is 1. The number of hydrogen-bond donors (Lipinski definition) is 0. The molecule has 0 aliphatic rings. The number of hydrogen-bond acceptors (Lipinski definition) is 1. The Labute approximate surface area is 246 Å². The lowest BCUT2D eigenvalue weighted by Crippen LogP contribution is -1.94. The van der Waals surface area contributed by atoms with Gasteiger partial charge in [-0.1, -0.05) is 78.9 Å². The molecule has 8 aromatic rings. The van der Waals surface area contributed by atoms with Crippen LogP contribution >= 0.6 is 11.3 Å². The Bertz CT molecular complexity index is 2450. The van der Waals surface area contributed by atoms with E-state index in [2.05, 4.69) is 99.2 Å². The Kier molecular flexibility index (Phi) is 5.44. The van der Waals surface area contributed by atoms with E-state index in [1.807, 2.05) is 53.8 Å². The lowest BCUT2D eigenvalue weighted by atomic mass is 9.97. The van der Waals surface area contributed by atoms with E-state index in [-0.39, 0.29) is 0 Å². The second kappa shape index (κ2) is 9.46. The summed E-state index contributed by atoms with van der Waals surface area (Å²) in [7, 11) is 0. The highest BCUT2D eigenvalue weighted by Gasteiger charge is 2.15. The highest BCUT2D eigenvalue weighted by molar-refractivity contribution is 7.26. The van der Waals surface area contributed by atoms with Crippen LogP contribution in [0.5, 0.6) is 0 Å². The van der Waals surface area contributed by atoms with E-state index >= 15 is 0 Å². The summed E-state index contributed by atoms with van der Waals surface area (Å²) in [5.41, 5.74) is 8.63. The quantitative estimate of drug-likeness (QED) is 0.194. The maximum Gasteiger partial charge on any atom is 0.189 e. The molecule has 42 heavy (non-hydrogen) atoms. The molecule has 2 aromatic heterocycles. The summed E-state index contributed by atoms with van der Waals surface area (Å²) in [6, 6.07) is 44.0. The minimum Gasteiger partial charge on any atom is -0.311 e. The molecule has 4 heteroatoms. The van der Waals surface area contributed by atoms with Gasteiger partial charge in [0.15, 0.2) is 11.4 Å². The molecule has 0 aliphatic heterocycles. The molecule has 6 aromatic carbocycles. The maximum absolute atomic E-state index is 7.91. The minimum atomic E-state index is 0.586. The molecule has 0 bridgehead atoms. The summed E-state index contributed by atoms with van der Waals surface area (Å²) < 4.78 is 4.79. The van der Waals surface area contributed by atoms with Gasteiger partial charge in [0, 0.05) is 31.2 Å². The molecular weight excluding hydrogens is 531 g/mol. The Balaban J connectivity index is 1.32. The first-order valence-electron chi connectivity index (χ1n) is 13.7. The molecule has 0 atom stereocenters. The zero-order valence-corrected chi connectivity index (χ0v) is 23.2. The average Bonchev–Trinajstić information content (AvgIpc) is 3.60. The van der Waals surface area contributed by atoms with Crippen molar-refractivity contribution in [1.29, 1.82) is 0 Å². The van der Waals surface area contributed by atoms with Gasteiger partial charge in [-0.15, -0.1) is 11.3 Å². The molecule has 0 fully saturated rings. The molecule has 0 N–H and O–H groups in total. The monoisotopic (exact) mass is 551 g/mol. The Morgan fingerprint density at radius 2 is 1.24 bits per heavy atom. The van der Waals surface area contributed by atoms with E-state index in [9.17, 15) is 0 Å².